The van der Waals surface area contributed by atoms with E-state index in [-0.39, 0.29) is 0 Å². The molecule has 0 aromatic heterocycles. The van der Waals surface area contributed by atoms with Crippen molar-refractivity contribution in [3.05, 3.63) is 53.1 Å². The SMILES string of the molecule is Cc1cccc(-c2c(C)cccc2S)c1C. The lowest BCUT2D eigenvalue weighted by Gasteiger charge is -2.13. The van der Waals surface area contributed by atoms with Gasteiger partial charge in [0.15, 0.2) is 0 Å². The summed E-state index contributed by atoms with van der Waals surface area (Å²) in [6, 6.07) is 12.7. The summed E-state index contributed by atoms with van der Waals surface area (Å²) in [5.41, 5.74) is 6.50. The molecule has 0 unspecified atom stereocenters. The minimum absolute atomic E-state index is 1.05. The molecule has 0 aliphatic rings. The van der Waals surface area contributed by atoms with Gasteiger partial charge in [0, 0.05) is 4.90 Å². The highest BCUT2D eigenvalue weighted by molar-refractivity contribution is 7.80. The third-order valence-electron chi connectivity index (χ3n) is 3.12. The summed E-state index contributed by atoms with van der Waals surface area (Å²) >= 11 is 4.56. The van der Waals surface area contributed by atoms with Crippen LogP contribution in [0.5, 0.6) is 0 Å². The van der Waals surface area contributed by atoms with Crippen molar-refractivity contribution in [1.29, 1.82) is 0 Å². The van der Waals surface area contributed by atoms with Crippen LogP contribution in [-0.2, 0) is 0 Å². The Kier molecular flexibility index (Phi) is 3.06. The van der Waals surface area contributed by atoms with Crippen LogP contribution in [0.15, 0.2) is 41.3 Å². The fraction of sp³-hybridized carbons (Fsp3) is 0.200. The number of aryl methyl sites for hydroxylation is 2. The maximum atomic E-state index is 4.56. The lowest BCUT2D eigenvalue weighted by Crippen LogP contribution is -1.90. The van der Waals surface area contributed by atoms with E-state index in [1.807, 2.05) is 12.1 Å². The van der Waals surface area contributed by atoms with E-state index in [9.17, 15) is 0 Å². The number of hydrogen-bond acceptors (Lipinski definition) is 1. The van der Waals surface area contributed by atoms with Gasteiger partial charge in [-0.1, -0.05) is 30.3 Å². The molecule has 0 saturated carbocycles. The van der Waals surface area contributed by atoms with E-state index in [0.717, 1.165) is 4.90 Å². The second kappa shape index (κ2) is 4.34. The number of rotatable bonds is 1. The van der Waals surface area contributed by atoms with Crippen molar-refractivity contribution < 1.29 is 0 Å². The molecule has 0 nitrogen and oxygen atoms in total. The molecule has 16 heavy (non-hydrogen) atoms. The molecule has 82 valence electrons. The van der Waals surface area contributed by atoms with E-state index in [0.29, 0.717) is 0 Å². The highest BCUT2D eigenvalue weighted by Gasteiger charge is 2.09. The number of hydrogen-bond donors (Lipinski definition) is 1. The molecule has 0 N–H and O–H groups in total. The maximum absolute atomic E-state index is 4.56. The molecule has 2 aromatic carbocycles. The Balaban J connectivity index is 2.73. The van der Waals surface area contributed by atoms with Gasteiger partial charge in [0.05, 0.1) is 0 Å². The molecule has 2 aromatic rings. The zero-order chi connectivity index (χ0) is 11.7. The molecule has 2 rings (SSSR count). The molecule has 0 saturated heterocycles. The Morgan fingerprint density at radius 3 is 2.12 bits per heavy atom. The van der Waals surface area contributed by atoms with E-state index in [1.165, 1.54) is 27.8 Å². The molecule has 0 atom stereocenters. The largest absolute Gasteiger partial charge is 0.143 e. The molecule has 0 amide bonds. The molecule has 0 fully saturated rings. The summed E-state index contributed by atoms with van der Waals surface area (Å²) in [5.74, 6) is 0. The zero-order valence-electron chi connectivity index (χ0n) is 9.91. The zero-order valence-corrected chi connectivity index (χ0v) is 10.8. The predicted octanol–water partition coefficient (Wildman–Crippen LogP) is 4.57. The van der Waals surface area contributed by atoms with Gasteiger partial charge in [0.25, 0.3) is 0 Å². The molecule has 1 heteroatoms. The minimum atomic E-state index is 1.05. The van der Waals surface area contributed by atoms with Gasteiger partial charge in [-0.3, -0.25) is 0 Å². The Hall–Kier alpha value is -1.21. The third-order valence-corrected chi connectivity index (χ3v) is 3.50. The van der Waals surface area contributed by atoms with Gasteiger partial charge in [-0.15, -0.1) is 12.6 Å². The van der Waals surface area contributed by atoms with Crippen LogP contribution in [0.3, 0.4) is 0 Å². The Bertz CT molecular complexity index is 507. The highest BCUT2D eigenvalue weighted by atomic mass is 32.1. The van der Waals surface area contributed by atoms with Crippen LogP contribution in [0.1, 0.15) is 16.7 Å². The average molecular weight is 228 g/mol. The van der Waals surface area contributed by atoms with Crippen LogP contribution in [0.4, 0.5) is 0 Å². The molecule has 0 spiro atoms. The summed E-state index contributed by atoms with van der Waals surface area (Å²) in [7, 11) is 0. The van der Waals surface area contributed by atoms with E-state index in [1.54, 1.807) is 0 Å². The van der Waals surface area contributed by atoms with Crippen molar-refractivity contribution in [3.63, 3.8) is 0 Å². The van der Waals surface area contributed by atoms with Gasteiger partial charge < -0.3 is 0 Å². The molecular formula is C15H16S. The van der Waals surface area contributed by atoms with E-state index in [4.69, 9.17) is 0 Å². The first-order valence-electron chi connectivity index (χ1n) is 5.46. The Morgan fingerprint density at radius 1 is 0.812 bits per heavy atom. The van der Waals surface area contributed by atoms with Gasteiger partial charge in [0.1, 0.15) is 0 Å². The monoisotopic (exact) mass is 228 g/mol. The van der Waals surface area contributed by atoms with Crippen LogP contribution in [0, 0.1) is 20.8 Å². The first kappa shape index (κ1) is 11.3. The average Bonchev–Trinajstić information content (AvgIpc) is 2.24. The van der Waals surface area contributed by atoms with E-state index < -0.39 is 0 Å². The van der Waals surface area contributed by atoms with Crippen molar-refractivity contribution in [3.8, 4) is 11.1 Å². The van der Waals surface area contributed by atoms with Crippen LogP contribution in [-0.4, -0.2) is 0 Å². The van der Waals surface area contributed by atoms with E-state index >= 15 is 0 Å². The normalized spacial score (nSPS) is 10.5. The fourth-order valence-electron chi connectivity index (χ4n) is 2.02. The smallest absolute Gasteiger partial charge is 0.0121 e. The summed E-state index contributed by atoms with van der Waals surface area (Å²) in [6.07, 6.45) is 0. The molecule has 0 radical (unpaired) electrons. The maximum Gasteiger partial charge on any atom is 0.0121 e. The van der Waals surface area contributed by atoms with Crippen molar-refractivity contribution in [2.45, 2.75) is 25.7 Å². The van der Waals surface area contributed by atoms with Crippen molar-refractivity contribution >= 4 is 12.6 Å². The summed E-state index contributed by atoms with van der Waals surface area (Å²) < 4.78 is 0. The summed E-state index contributed by atoms with van der Waals surface area (Å²) in [4.78, 5) is 1.05. The molecule has 0 bridgehead atoms. The molecular weight excluding hydrogens is 212 g/mol. The Morgan fingerprint density at radius 2 is 1.44 bits per heavy atom. The minimum Gasteiger partial charge on any atom is -0.143 e. The standard InChI is InChI=1S/C15H16S/c1-10-6-4-8-13(12(10)3)15-11(2)7-5-9-14(15)16/h4-9,16H,1-3H3. The van der Waals surface area contributed by atoms with Gasteiger partial charge in [-0.2, -0.15) is 0 Å². The first-order valence-corrected chi connectivity index (χ1v) is 5.91. The van der Waals surface area contributed by atoms with Crippen molar-refractivity contribution in [2.75, 3.05) is 0 Å². The van der Waals surface area contributed by atoms with Crippen LogP contribution < -0.4 is 0 Å². The van der Waals surface area contributed by atoms with Crippen molar-refractivity contribution in [1.82, 2.24) is 0 Å². The summed E-state index contributed by atoms with van der Waals surface area (Å²) in [5, 5.41) is 0. The van der Waals surface area contributed by atoms with Gasteiger partial charge >= 0.3 is 0 Å². The summed E-state index contributed by atoms with van der Waals surface area (Å²) in [6.45, 7) is 6.45. The van der Waals surface area contributed by atoms with Gasteiger partial charge in [0.2, 0.25) is 0 Å². The molecule has 0 aliphatic heterocycles. The van der Waals surface area contributed by atoms with Crippen LogP contribution >= 0.6 is 12.6 Å². The second-order valence-electron chi connectivity index (χ2n) is 4.22. The number of benzene rings is 2. The molecule has 0 aliphatic carbocycles. The topological polar surface area (TPSA) is 0 Å². The van der Waals surface area contributed by atoms with Gasteiger partial charge in [-0.05, 0) is 54.7 Å². The quantitative estimate of drug-likeness (QED) is 0.679. The number of thiol groups is 1. The second-order valence-corrected chi connectivity index (χ2v) is 4.70. The lowest BCUT2D eigenvalue weighted by atomic mass is 9.94. The molecule has 0 heterocycles. The Labute approximate surface area is 103 Å². The fourth-order valence-corrected chi connectivity index (χ4v) is 2.41. The predicted molar refractivity (Wildman–Crippen MR) is 73.3 cm³/mol. The third kappa shape index (κ3) is 1.88. The highest BCUT2D eigenvalue weighted by Crippen LogP contribution is 2.33. The lowest BCUT2D eigenvalue weighted by molar-refractivity contribution is 1.30. The van der Waals surface area contributed by atoms with E-state index in [2.05, 4.69) is 57.7 Å². The van der Waals surface area contributed by atoms with Crippen LogP contribution in [0.2, 0.25) is 0 Å². The first-order chi connectivity index (χ1) is 7.61. The van der Waals surface area contributed by atoms with Crippen molar-refractivity contribution in [2.24, 2.45) is 0 Å². The van der Waals surface area contributed by atoms with Gasteiger partial charge in [-0.25, -0.2) is 0 Å². The van der Waals surface area contributed by atoms with Crippen LogP contribution in [0.25, 0.3) is 11.1 Å².